The third-order valence-corrected chi connectivity index (χ3v) is 6.75. The quantitative estimate of drug-likeness (QED) is 0.691. The molecule has 32 heavy (non-hydrogen) atoms. The zero-order chi connectivity index (χ0) is 22.7. The van der Waals surface area contributed by atoms with Crippen molar-refractivity contribution in [2.75, 3.05) is 7.05 Å². The first-order valence-corrected chi connectivity index (χ1v) is 11.3. The number of hydrogen-bond acceptors (Lipinski definition) is 5. The van der Waals surface area contributed by atoms with E-state index in [2.05, 4.69) is 5.10 Å². The summed E-state index contributed by atoms with van der Waals surface area (Å²) in [5.74, 6) is -0.335. The van der Waals surface area contributed by atoms with E-state index < -0.39 is 5.97 Å². The minimum Gasteiger partial charge on any atom is -0.490 e. The molecule has 2 aliphatic rings. The molecule has 0 spiro atoms. The standard InChI is InChI=1S/C24H31N3O5/c1-26(18-6-4-7-18)24(30)31-15-22-21(14-25-27(22)2)16-9-11-19(12-10-16)32-20-8-3-5-17(13-20)23(28)29/h9-12,14,17-18,20H,3-8,13,15H2,1-2H3,(H,28,29)/t17-,20-/m1/s1. The second kappa shape index (κ2) is 9.63. The van der Waals surface area contributed by atoms with Gasteiger partial charge in [-0.3, -0.25) is 9.48 Å². The molecule has 0 aliphatic heterocycles. The fourth-order valence-corrected chi connectivity index (χ4v) is 4.41. The summed E-state index contributed by atoms with van der Waals surface area (Å²) >= 11 is 0. The third kappa shape index (κ3) is 4.89. The fourth-order valence-electron chi connectivity index (χ4n) is 4.41. The maximum atomic E-state index is 12.4. The number of aryl methyl sites for hydroxylation is 1. The van der Waals surface area contributed by atoms with Crippen LogP contribution in [0.25, 0.3) is 11.1 Å². The van der Waals surface area contributed by atoms with Crippen molar-refractivity contribution >= 4 is 12.1 Å². The van der Waals surface area contributed by atoms with Crippen LogP contribution >= 0.6 is 0 Å². The van der Waals surface area contributed by atoms with Crippen molar-refractivity contribution in [1.82, 2.24) is 14.7 Å². The van der Waals surface area contributed by atoms with E-state index in [-0.39, 0.29) is 30.8 Å². The molecule has 172 valence electrons. The van der Waals surface area contributed by atoms with Gasteiger partial charge in [0.25, 0.3) is 0 Å². The van der Waals surface area contributed by atoms with Gasteiger partial charge in [0.2, 0.25) is 0 Å². The largest absolute Gasteiger partial charge is 0.490 e. The fraction of sp³-hybridized carbons (Fsp3) is 0.542. The topological polar surface area (TPSA) is 93.9 Å². The predicted octanol–water partition coefficient (Wildman–Crippen LogP) is 4.23. The minimum absolute atomic E-state index is 0.0725. The number of rotatable bonds is 7. The van der Waals surface area contributed by atoms with Gasteiger partial charge in [0, 0.05) is 25.7 Å². The molecular weight excluding hydrogens is 410 g/mol. The second-order valence-electron chi connectivity index (χ2n) is 8.84. The average Bonchev–Trinajstić information content (AvgIpc) is 3.11. The Morgan fingerprint density at radius 3 is 2.53 bits per heavy atom. The number of amides is 1. The van der Waals surface area contributed by atoms with Crippen LogP contribution in [0.15, 0.2) is 30.5 Å². The first-order chi connectivity index (χ1) is 15.4. The van der Waals surface area contributed by atoms with Crippen LogP contribution < -0.4 is 4.74 Å². The molecule has 1 N–H and O–H groups in total. The van der Waals surface area contributed by atoms with Crippen molar-refractivity contribution < 1.29 is 24.2 Å². The van der Waals surface area contributed by atoms with Crippen molar-refractivity contribution in [1.29, 1.82) is 0 Å². The minimum atomic E-state index is -0.739. The number of carbonyl (C=O) groups excluding carboxylic acids is 1. The zero-order valence-electron chi connectivity index (χ0n) is 18.7. The van der Waals surface area contributed by atoms with E-state index in [9.17, 15) is 14.7 Å². The molecule has 2 fully saturated rings. The Balaban J connectivity index is 1.39. The lowest BCUT2D eigenvalue weighted by Crippen LogP contribution is -2.41. The number of ether oxygens (including phenoxy) is 2. The summed E-state index contributed by atoms with van der Waals surface area (Å²) in [6.45, 7) is 0.151. The van der Waals surface area contributed by atoms with Gasteiger partial charge in [-0.25, -0.2) is 4.79 Å². The van der Waals surface area contributed by atoms with Gasteiger partial charge in [0.15, 0.2) is 0 Å². The number of carboxylic acids is 1. The normalized spacial score (nSPS) is 20.9. The van der Waals surface area contributed by atoms with Crippen molar-refractivity contribution in [2.45, 2.75) is 63.7 Å². The molecule has 1 aromatic carbocycles. The van der Waals surface area contributed by atoms with Crippen LogP contribution in [0, 0.1) is 5.92 Å². The molecule has 2 atom stereocenters. The molecule has 4 rings (SSSR count). The average molecular weight is 442 g/mol. The lowest BCUT2D eigenvalue weighted by Gasteiger charge is -2.33. The first kappa shape index (κ1) is 22.2. The molecule has 0 bridgehead atoms. The summed E-state index contributed by atoms with van der Waals surface area (Å²) in [6.07, 6.45) is 7.64. The molecule has 2 aromatic rings. The third-order valence-electron chi connectivity index (χ3n) is 6.75. The van der Waals surface area contributed by atoms with E-state index in [0.717, 1.165) is 61.1 Å². The van der Waals surface area contributed by atoms with Crippen LogP contribution in [0.4, 0.5) is 4.79 Å². The summed E-state index contributed by atoms with van der Waals surface area (Å²) in [5.41, 5.74) is 2.68. The second-order valence-corrected chi connectivity index (χ2v) is 8.84. The van der Waals surface area contributed by atoms with E-state index in [1.165, 1.54) is 0 Å². The molecule has 0 unspecified atom stereocenters. The molecule has 1 aromatic heterocycles. The van der Waals surface area contributed by atoms with Gasteiger partial charge in [-0.2, -0.15) is 5.10 Å². The first-order valence-electron chi connectivity index (χ1n) is 11.3. The number of nitrogens with zero attached hydrogens (tertiary/aromatic N) is 3. The van der Waals surface area contributed by atoms with E-state index in [0.29, 0.717) is 6.42 Å². The molecule has 2 saturated carbocycles. The van der Waals surface area contributed by atoms with E-state index in [4.69, 9.17) is 9.47 Å². The van der Waals surface area contributed by atoms with Gasteiger partial charge in [0.05, 0.1) is 23.9 Å². The molecule has 0 saturated heterocycles. The van der Waals surface area contributed by atoms with Crippen LogP contribution in [-0.2, 0) is 23.2 Å². The van der Waals surface area contributed by atoms with Crippen molar-refractivity contribution in [3.63, 3.8) is 0 Å². The molecule has 8 nitrogen and oxygen atoms in total. The van der Waals surface area contributed by atoms with Gasteiger partial charge >= 0.3 is 12.1 Å². The number of hydrogen-bond donors (Lipinski definition) is 1. The monoisotopic (exact) mass is 441 g/mol. The molecule has 0 radical (unpaired) electrons. The molecule has 1 heterocycles. The van der Waals surface area contributed by atoms with Gasteiger partial charge in [-0.05, 0) is 62.6 Å². The van der Waals surface area contributed by atoms with Crippen LogP contribution in [0.5, 0.6) is 5.75 Å². The molecular formula is C24H31N3O5. The lowest BCUT2D eigenvalue weighted by molar-refractivity contribution is -0.143. The van der Waals surface area contributed by atoms with E-state index in [1.54, 1.807) is 22.8 Å². The van der Waals surface area contributed by atoms with Crippen LogP contribution in [0.1, 0.15) is 50.6 Å². The van der Waals surface area contributed by atoms with Crippen molar-refractivity contribution in [3.8, 4) is 16.9 Å². The summed E-state index contributed by atoms with van der Waals surface area (Å²) in [5, 5.41) is 13.6. The van der Waals surface area contributed by atoms with Gasteiger partial charge in [0.1, 0.15) is 12.4 Å². The van der Waals surface area contributed by atoms with E-state index in [1.807, 2.05) is 31.3 Å². The highest BCUT2D eigenvalue weighted by Gasteiger charge is 2.28. The van der Waals surface area contributed by atoms with Crippen LogP contribution in [-0.4, -0.2) is 51.0 Å². The summed E-state index contributed by atoms with van der Waals surface area (Å²) < 4.78 is 13.3. The number of aliphatic carboxylic acids is 1. The highest BCUT2D eigenvalue weighted by Crippen LogP contribution is 2.30. The number of carboxylic acid groups (broad SMARTS) is 1. The maximum Gasteiger partial charge on any atom is 0.410 e. The molecule has 1 amide bonds. The Kier molecular flexibility index (Phi) is 6.67. The smallest absolute Gasteiger partial charge is 0.410 e. The van der Waals surface area contributed by atoms with Crippen molar-refractivity contribution in [2.24, 2.45) is 13.0 Å². The number of benzene rings is 1. The van der Waals surface area contributed by atoms with Gasteiger partial charge in [-0.15, -0.1) is 0 Å². The maximum absolute atomic E-state index is 12.4. The highest BCUT2D eigenvalue weighted by atomic mass is 16.6. The Hall–Kier alpha value is -3.03. The Bertz CT molecular complexity index is 951. The zero-order valence-corrected chi connectivity index (χ0v) is 18.7. The Morgan fingerprint density at radius 1 is 1.16 bits per heavy atom. The Morgan fingerprint density at radius 2 is 1.88 bits per heavy atom. The SMILES string of the molecule is CN(C(=O)OCc1c(-c2ccc(O[C@@H]3CCC[C@@H](C(=O)O)C3)cc2)cnn1C)C1CCC1. The number of aromatic nitrogens is 2. The number of carbonyl (C=O) groups is 2. The van der Waals surface area contributed by atoms with E-state index >= 15 is 0 Å². The molecule has 2 aliphatic carbocycles. The van der Waals surface area contributed by atoms with Crippen LogP contribution in [0.3, 0.4) is 0 Å². The Labute approximate surface area is 188 Å². The lowest BCUT2D eigenvalue weighted by atomic mass is 9.87. The summed E-state index contributed by atoms with van der Waals surface area (Å²) in [6, 6.07) is 7.99. The summed E-state index contributed by atoms with van der Waals surface area (Å²) in [4.78, 5) is 25.3. The predicted molar refractivity (Wildman–Crippen MR) is 118 cm³/mol. The van der Waals surface area contributed by atoms with Gasteiger partial charge in [-0.1, -0.05) is 12.1 Å². The van der Waals surface area contributed by atoms with Gasteiger partial charge < -0.3 is 19.5 Å². The van der Waals surface area contributed by atoms with Crippen LogP contribution in [0.2, 0.25) is 0 Å². The molecule has 8 heteroatoms. The van der Waals surface area contributed by atoms with Crippen molar-refractivity contribution in [3.05, 3.63) is 36.2 Å². The highest BCUT2D eigenvalue weighted by molar-refractivity contribution is 5.70. The summed E-state index contributed by atoms with van der Waals surface area (Å²) in [7, 11) is 3.63.